The van der Waals surface area contributed by atoms with Gasteiger partial charge in [-0.05, 0) is 73.2 Å². The predicted octanol–water partition coefficient (Wildman–Crippen LogP) is 3.81. The first kappa shape index (κ1) is 23.5. The average molecular weight is 487 g/mol. The molecule has 1 aliphatic rings. The van der Waals surface area contributed by atoms with Crippen LogP contribution in [0.1, 0.15) is 5.56 Å². The molecule has 2 aromatic heterocycles. The number of aromatic nitrogens is 4. The zero-order valence-electron chi connectivity index (χ0n) is 20.3. The van der Waals surface area contributed by atoms with Crippen molar-refractivity contribution in [3.8, 4) is 28.5 Å². The molecule has 1 fully saturated rings. The number of piperazine rings is 1. The molecule has 184 valence electrons. The minimum absolute atomic E-state index is 0.0402. The molecule has 1 aliphatic heterocycles. The second-order valence-corrected chi connectivity index (χ2v) is 8.71. The third kappa shape index (κ3) is 5.05. The number of hydrogen-bond acceptors (Lipinski definition) is 6. The van der Waals surface area contributed by atoms with Gasteiger partial charge in [0.15, 0.2) is 11.6 Å². The van der Waals surface area contributed by atoms with Gasteiger partial charge in [0.05, 0.1) is 7.11 Å². The number of benzene rings is 2. The summed E-state index contributed by atoms with van der Waals surface area (Å²) in [7, 11) is 1.61. The molecular weight excluding hydrogens is 459 g/mol. The molecular formula is C27H27FN6O2. The second-order valence-electron chi connectivity index (χ2n) is 8.71. The Morgan fingerprint density at radius 2 is 1.67 bits per heavy atom. The van der Waals surface area contributed by atoms with E-state index < -0.39 is 0 Å². The molecule has 0 radical (unpaired) electrons. The van der Waals surface area contributed by atoms with E-state index in [1.165, 1.54) is 12.1 Å². The van der Waals surface area contributed by atoms with Crippen LogP contribution in [0.2, 0.25) is 0 Å². The number of pyridine rings is 1. The molecule has 0 bridgehead atoms. The second kappa shape index (κ2) is 10.2. The highest BCUT2D eigenvalue weighted by Gasteiger charge is 2.24. The van der Waals surface area contributed by atoms with E-state index in [2.05, 4.69) is 21.0 Å². The minimum atomic E-state index is -0.336. The Kier molecular flexibility index (Phi) is 6.62. The first-order valence-corrected chi connectivity index (χ1v) is 11.8. The van der Waals surface area contributed by atoms with Gasteiger partial charge in [-0.1, -0.05) is 0 Å². The molecule has 1 saturated heterocycles. The molecule has 0 spiro atoms. The third-order valence-electron chi connectivity index (χ3n) is 6.26. The molecule has 8 nitrogen and oxygen atoms in total. The lowest BCUT2D eigenvalue weighted by Gasteiger charge is -2.35. The molecule has 3 heterocycles. The SMILES string of the molecule is COc1ccc(-c2nc(-c3ccc(F)cc3)n(CC(=O)N3CCN(c4cc(C)ccn4)CC3)n2)cc1. The number of hydrogen-bond donors (Lipinski definition) is 0. The zero-order valence-corrected chi connectivity index (χ0v) is 20.3. The number of aryl methyl sites for hydroxylation is 1. The van der Waals surface area contributed by atoms with Crippen molar-refractivity contribution in [1.29, 1.82) is 0 Å². The summed E-state index contributed by atoms with van der Waals surface area (Å²) in [5, 5.41) is 4.64. The summed E-state index contributed by atoms with van der Waals surface area (Å²) in [5.74, 6) is 2.28. The largest absolute Gasteiger partial charge is 0.497 e. The Hall–Kier alpha value is -4.27. The maximum atomic E-state index is 13.5. The van der Waals surface area contributed by atoms with Crippen LogP contribution in [0.15, 0.2) is 66.9 Å². The van der Waals surface area contributed by atoms with Crippen LogP contribution in [-0.4, -0.2) is 63.8 Å². The van der Waals surface area contributed by atoms with Crippen molar-refractivity contribution in [2.24, 2.45) is 0 Å². The Morgan fingerprint density at radius 3 is 2.33 bits per heavy atom. The fourth-order valence-electron chi connectivity index (χ4n) is 4.23. The number of anilines is 1. The van der Waals surface area contributed by atoms with Crippen LogP contribution in [0.4, 0.5) is 10.2 Å². The molecule has 2 aromatic carbocycles. The number of ether oxygens (including phenoxy) is 1. The number of nitrogens with zero attached hydrogens (tertiary/aromatic N) is 6. The van der Waals surface area contributed by atoms with Crippen molar-refractivity contribution < 1.29 is 13.9 Å². The molecule has 0 saturated carbocycles. The van der Waals surface area contributed by atoms with Crippen molar-refractivity contribution in [1.82, 2.24) is 24.6 Å². The molecule has 9 heteroatoms. The summed E-state index contributed by atoms with van der Waals surface area (Å²) < 4.78 is 20.4. The van der Waals surface area contributed by atoms with E-state index in [0.717, 1.165) is 22.7 Å². The van der Waals surface area contributed by atoms with E-state index in [0.29, 0.717) is 43.4 Å². The molecule has 0 unspecified atom stereocenters. The van der Waals surface area contributed by atoms with Gasteiger partial charge in [-0.3, -0.25) is 4.79 Å². The van der Waals surface area contributed by atoms with E-state index in [4.69, 9.17) is 9.72 Å². The van der Waals surface area contributed by atoms with Gasteiger partial charge in [-0.25, -0.2) is 19.0 Å². The van der Waals surface area contributed by atoms with Crippen LogP contribution in [0.3, 0.4) is 0 Å². The Morgan fingerprint density at radius 1 is 0.972 bits per heavy atom. The normalized spacial score (nSPS) is 13.6. The van der Waals surface area contributed by atoms with Gasteiger partial charge in [-0.15, -0.1) is 5.10 Å². The smallest absolute Gasteiger partial charge is 0.244 e. The standard InChI is InChI=1S/C27H27FN6O2/c1-19-11-12-29-24(17-19)32-13-15-33(16-14-32)25(35)18-34-27(21-3-7-22(28)8-4-21)30-26(31-34)20-5-9-23(36-2)10-6-20/h3-12,17H,13-16,18H2,1-2H3. The van der Waals surface area contributed by atoms with Gasteiger partial charge in [0.1, 0.15) is 23.9 Å². The van der Waals surface area contributed by atoms with Gasteiger partial charge in [0, 0.05) is 43.5 Å². The van der Waals surface area contributed by atoms with Crippen LogP contribution in [0, 0.1) is 12.7 Å². The van der Waals surface area contributed by atoms with Gasteiger partial charge in [0.25, 0.3) is 0 Å². The summed E-state index contributed by atoms with van der Waals surface area (Å²) in [6, 6.07) is 17.5. The number of carbonyl (C=O) groups is 1. The highest BCUT2D eigenvalue weighted by molar-refractivity contribution is 5.77. The van der Waals surface area contributed by atoms with E-state index >= 15 is 0 Å². The number of amides is 1. The van der Waals surface area contributed by atoms with Gasteiger partial charge in [-0.2, -0.15) is 0 Å². The molecule has 36 heavy (non-hydrogen) atoms. The van der Waals surface area contributed by atoms with Gasteiger partial charge in [0.2, 0.25) is 5.91 Å². The van der Waals surface area contributed by atoms with Crippen molar-refractivity contribution >= 4 is 11.7 Å². The first-order valence-electron chi connectivity index (χ1n) is 11.8. The average Bonchev–Trinajstić information content (AvgIpc) is 3.33. The topological polar surface area (TPSA) is 76.4 Å². The van der Waals surface area contributed by atoms with Crippen LogP contribution in [0.25, 0.3) is 22.8 Å². The highest BCUT2D eigenvalue weighted by atomic mass is 19.1. The maximum Gasteiger partial charge on any atom is 0.244 e. The van der Waals surface area contributed by atoms with Crippen LogP contribution >= 0.6 is 0 Å². The van der Waals surface area contributed by atoms with E-state index in [1.54, 1.807) is 23.9 Å². The van der Waals surface area contributed by atoms with Crippen molar-refractivity contribution in [2.45, 2.75) is 13.5 Å². The summed E-state index contributed by atoms with van der Waals surface area (Å²) in [5.41, 5.74) is 2.64. The van der Waals surface area contributed by atoms with E-state index in [9.17, 15) is 9.18 Å². The van der Waals surface area contributed by atoms with E-state index in [-0.39, 0.29) is 18.3 Å². The lowest BCUT2D eigenvalue weighted by molar-refractivity contribution is -0.132. The van der Waals surface area contributed by atoms with E-state index in [1.807, 2.05) is 48.4 Å². The maximum absolute atomic E-state index is 13.5. The fraction of sp³-hybridized carbons (Fsp3) is 0.259. The molecule has 0 N–H and O–H groups in total. The first-order chi connectivity index (χ1) is 17.5. The molecule has 5 rings (SSSR count). The fourth-order valence-corrected chi connectivity index (χ4v) is 4.23. The lowest BCUT2D eigenvalue weighted by Crippen LogP contribution is -2.50. The number of methoxy groups -OCH3 is 1. The van der Waals surface area contributed by atoms with Gasteiger partial charge >= 0.3 is 0 Å². The molecule has 0 aliphatic carbocycles. The van der Waals surface area contributed by atoms with Crippen LogP contribution in [-0.2, 0) is 11.3 Å². The summed E-state index contributed by atoms with van der Waals surface area (Å²) in [6.07, 6.45) is 1.81. The Labute approximate surface area is 209 Å². The number of halogens is 1. The van der Waals surface area contributed by atoms with Crippen LogP contribution < -0.4 is 9.64 Å². The van der Waals surface area contributed by atoms with Crippen molar-refractivity contribution in [2.75, 3.05) is 38.2 Å². The van der Waals surface area contributed by atoms with Crippen LogP contribution in [0.5, 0.6) is 5.75 Å². The monoisotopic (exact) mass is 486 g/mol. The quantitative estimate of drug-likeness (QED) is 0.413. The molecule has 4 aromatic rings. The summed E-state index contributed by atoms with van der Waals surface area (Å²) >= 11 is 0. The Balaban J connectivity index is 1.35. The summed E-state index contributed by atoms with van der Waals surface area (Å²) in [4.78, 5) is 26.4. The predicted molar refractivity (Wildman–Crippen MR) is 135 cm³/mol. The highest BCUT2D eigenvalue weighted by Crippen LogP contribution is 2.25. The zero-order chi connectivity index (χ0) is 25.1. The third-order valence-corrected chi connectivity index (χ3v) is 6.26. The lowest BCUT2D eigenvalue weighted by atomic mass is 10.2. The number of carbonyl (C=O) groups excluding carboxylic acids is 1. The number of rotatable bonds is 6. The van der Waals surface area contributed by atoms with Gasteiger partial charge < -0.3 is 14.5 Å². The Bertz CT molecular complexity index is 1350. The van der Waals surface area contributed by atoms with Crippen molar-refractivity contribution in [3.05, 3.63) is 78.2 Å². The van der Waals surface area contributed by atoms with Crippen molar-refractivity contribution in [3.63, 3.8) is 0 Å². The summed E-state index contributed by atoms with van der Waals surface area (Å²) in [6.45, 7) is 4.70. The molecule has 1 amide bonds. The molecule has 0 atom stereocenters. The minimum Gasteiger partial charge on any atom is -0.497 e.